The van der Waals surface area contributed by atoms with Crippen LogP contribution in [-0.2, 0) is 6.18 Å². The lowest BCUT2D eigenvalue weighted by atomic mass is 10.1. The first kappa shape index (κ1) is 17.2. The maximum absolute atomic E-state index is 13.0. The first-order valence-electron chi connectivity index (χ1n) is 6.64. The lowest BCUT2D eigenvalue weighted by molar-refractivity contribution is -0.141. The molecule has 2 N–H and O–H groups in total. The summed E-state index contributed by atoms with van der Waals surface area (Å²) >= 11 is 5.79. The lowest BCUT2D eigenvalue weighted by Gasteiger charge is -2.23. The molecular formula is C15H13ClF3N3O. The van der Waals surface area contributed by atoms with Gasteiger partial charge in [-0.15, -0.1) is 0 Å². The fraction of sp³-hybridized carbons (Fsp3) is 0.200. The molecule has 0 saturated carbocycles. The number of nitrogens with zero attached hydrogens (tertiary/aromatic N) is 2. The van der Waals surface area contributed by atoms with Crippen LogP contribution in [0.1, 0.15) is 16.1 Å². The van der Waals surface area contributed by atoms with Crippen LogP contribution in [0.3, 0.4) is 0 Å². The Bertz CT molecular complexity index is 689. The summed E-state index contributed by atoms with van der Waals surface area (Å²) in [6.45, 7) is 0.155. The van der Waals surface area contributed by atoms with Gasteiger partial charge in [0.2, 0.25) is 0 Å². The van der Waals surface area contributed by atoms with Crippen molar-refractivity contribution in [3.8, 4) is 0 Å². The molecule has 0 saturated heterocycles. The molecule has 0 atom stereocenters. The number of halogens is 4. The SMILES string of the molecule is NCCN(C(=O)c1cccnc1C(F)(F)F)c1ccc(Cl)cc1. The third-order valence-corrected chi connectivity index (χ3v) is 3.29. The van der Waals surface area contributed by atoms with Crippen molar-refractivity contribution < 1.29 is 18.0 Å². The number of aromatic nitrogens is 1. The average Bonchev–Trinajstić information content (AvgIpc) is 2.52. The minimum Gasteiger partial charge on any atom is -0.329 e. The van der Waals surface area contributed by atoms with Gasteiger partial charge < -0.3 is 10.6 Å². The van der Waals surface area contributed by atoms with Crippen molar-refractivity contribution in [1.82, 2.24) is 4.98 Å². The monoisotopic (exact) mass is 343 g/mol. The lowest BCUT2D eigenvalue weighted by Crippen LogP contribution is -2.36. The number of anilines is 1. The van der Waals surface area contributed by atoms with E-state index in [1.807, 2.05) is 0 Å². The van der Waals surface area contributed by atoms with E-state index in [1.165, 1.54) is 11.0 Å². The molecule has 0 spiro atoms. The third-order valence-electron chi connectivity index (χ3n) is 3.04. The molecular weight excluding hydrogens is 331 g/mol. The van der Waals surface area contributed by atoms with Crippen molar-refractivity contribution in [3.63, 3.8) is 0 Å². The average molecular weight is 344 g/mol. The second-order valence-corrected chi connectivity index (χ2v) is 5.06. The van der Waals surface area contributed by atoms with Gasteiger partial charge in [-0.05, 0) is 36.4 Å². The molecule has 8 heteroatoms. The molecule has 0 unspecified atom stereocenters. The highest BCUT2D eigenvalue weighted by atomic mass is 35.5. The van der Waals surface area contributed by atoms with Crippen molar-refractivity contribution in [3.05, 3.63) is 58.9 Å². The van der Waals surface area contributed by atoms with Crippen LogP contribution in [0.25, 0.3) is 0 Å². The van der Waals surface area contributed by atoms with Gasteiger partial charge in [0.15, 0.2) is 5.69 Å². The minimum absolute atomic E-state index is 0.0622. The van der Waals surface area contributed by atoms with E-state index < -0.39 is 23.3 Å². The quantitative estimate of drug-likeness (QED) is 0.926. The van der Waals surface area contributed by atoms with E-state index in [4.69, 9.17) is 17.3 Å². The molecule has 1 amide bonds. The van der Waals surface area contributed by atoms with Crippen LogP contribution in [0, 0.1) is 0 Å². The van der Waals surface area contributed by atoms with Crippen molar-refractivity contribution >= 4 is 23.2 Å². The number of hydrogen-bond donors (Lipinski definition) is 1. The summed E-state index contributed by atoms with van der Waals surface area (Å²) in [5.74, 6) is -0.821. The number of nitrogens with two attached hydrogens (primary N) is 1. The molecule has 0 aliphatic rings. The molecule has 2 aromatic rings. The molecule has 1 heterocycles. The Balaban J connectivity index is 2.45. The smallest absolute Gasteiger partial charge is 0.329 e. The fourth-order valence-corrected chi connectivity index (χ4v) is 2.17. The predicted molar refractivity (Wildman–Crippen MR) is 81.4 cm³/mol. The zero-order chi connectivity index (χ0) is 17.0. The fourth-order valence-electron chi connectivity index (χ4n) is 2.05. The van der Waals surface area contributed by atoms with E-state index in [0.29, 0.717) is 10.7 Å². The topological polar surface area (TPSA) is 59.2 Å². The van der Waals surface area contributed by atoms with E-state index in [-0.39, 0.29) is 13.1 Å². The van der Waals surface area contributed by atoms with Gasteiger partial charge in [-0.25, -0.2) is 0 Å². The number of amides is 1. The Morgan fingerprint density at radius 2 is 1.87 bits per heavy atom. The highest BCUT2D eigenvalue weighted by molar-refractivity contribution is 6.30. The number of rotatable bonds is 4. The molecule has 122 valence electrons. The Hall–Kier alpha value is -2.12. The summed E-state index contributed by atoms with van der Waals surface area (Å²) in [7, 11) is 0. The number of alkyl halides is 3. The van der Waals surface area contributed by atoms with Crippen LogP contribution in [-0.4, -0.2) is 24.0 Å². The number of benzene rings is 1. The standard InChI is InChI=1S/C15H13ClF3N3O/c16-10-3-5-11(6-4-10)22(9-7-20)14(23)12-2-1-8-21-13(12)15(17,18)19/h1-6,8H,7,9,20H2. The summed E-state index contributed by atoms with van der Waals surface area (Å²) in [4.78, 5) is 17.1. The van der Waals surface area contributed by atoms with E-state index in [1.54, 1.807) is 24.3 Å². The van der Waals surface area contributed by atoms with Gasteiger partial charge in [-0.1, -0.05) is 11.6 Å². The van der Waals surface area contributed by atoms with Gasteiger partial charge in [0.25, 0.3) is 5.91 Å². The van der Waals surface area contributed by atoms with Crippen LogP contribution in [0.15, 0.2) is 42.6 Å². The van der Waals surface area contributed by atoms with Crippen LogP contribution >= 0.6 is 11.6 Å². The highest BCUT2D eigenvalue weighted by Gasteiger charge is 2.38. The summed E-state index contributed by atoms with van der Waals surface area (Å²) < 4.78 is 39.1. The zero-order valence-electron chi connectivity index (χ0n) is 11.8. The molecule has 0 radical (unpaired) electrons. The van der Waals surface area contributed by atoms with E-state index >= 15 is 0 Å². The zero-order valence-corrected chi connectivity index (χ0v) is 12.6. The Labute approximate surface area is 135 Å². The van der Waals surface area contributed by atoms with Crippen molar-refractivity contribution in [2.24, 2.45) is 5.73 Å². The van der Waals surface area contributed by atoms with Crippen LogP contribution in [0.2, 0.25) is 5.02 Å². The summed E-state index contributed by atoms with van der Waals surface area (Å²) in [5, 5.41) is 0.450. The molecule has 0 aliphatic carbocycles. The Morgan fingerprint density at radius 3 is 2.43 bits per heavy atom. The van der Waals surface area contributed by atoms with E-state index in [9.17, 15) is 18.0 Å². The first-order chi connectivity index (χ1) is 10.8. The Morgan fingerprint density at radius 1 is 1.22 bits per heavy atom. The number of carbonyl (C=O) groups is 1. The van der Waals surface area contributed by atoms with E-state index in [0.717, 1.165) is 12.3 Å². The second-order valence-electron chi connectivity index (χ2n) is 4.62. The van der Waals surface area contributed by atoms with E-state index in [2.05, 4.69) is 4.98 Å². The van der Waals surface area contributed by atoms with Gasteiger partial charge in [-0.2, -0.15) is 13.2 Å². The maximum Gasteiger partial charge on any atom is 0.434 e. The van der Waals surface area contributed by atoms with Gasteiger partial charge in [0.1, 0.15) is 0 Å². The molecule has 0 aliphatic heterocycles. The molecule has 0 fully saturated rings. The van der Waals surface area contributed by atoms with Crippen molar-refractivity contribution in [2.75, 3.05) is 18.0 Å². The van der Waals surface area contributed by atoms with Crippen LogP contribution in [0.4, 0.5) is 18.9 Å². The molecule has 0 bridgehead atoms. The minimum atomic E-state index is -4.72. The first-order valence-corrected chi connectivity index (χ1v) is 7.02. The highest BCUT2D eigenvalue weighted by Crippen LogP contribution is 2.31. The Kier molecular flexibility index (Phi) is 5.23. The van der Waals surface area contributed by atoms with Gasteiger partial charge in [-0.3, -0.25) is 9.78 Å². The van der Waals surface area contributed by atoms with Gasteiger partial charge >= 0.3 is 6.18 Å². The summed E-state index contributed by atoms with van der Waals surface area (Å²) in [6.07, 6.45) is -3.73. The van der Waals surface area contributed by atoms with Gasteiger partial charge in [0, 0.05) is 30.0 Å². The summed E-state index contributed by atoms with van der Waals surface area (Å²) in [6, 6.07) is 8.55. The molecule has 4 nitrogen and oxygen atoms in total. The van der Waals surface area contributed by atoms with Crippen LogP contribution < -0.4 is 10.6 Å². The van der Waals surface area contributed by atoms with Crippen LogP contribution in [0.5, 0.6) is 0 Å². The number of pyridine rings is 1. The number of hydrogen-bond acceptors (Lipinski definition) is 3. The van der Waals surface area contributed by atoms with Gasteiger partial charge in [0.05, 0.1) is 5.56 Å². The third kappa shape index (κ3) is 4.00. The van der Waals surface area contributed by atoms with Crippen molar-refractivity contribution in [1.29, 1.82) is 0 Å². The summed E-state index contributed by atoms with van der Waals surface area (Å²) in [5.41, 5.74) is 4.14. The molecule has 23 heavy (non-hydrogen) atoms. The predicted octanol–water partition coefficient (Wildman–Crippen LogP) is 3.36. The number of carbonyl (C=O) groups excluding carboxylic acids is 1. The van der Waals surface area contributed by atoms with Crippen molar-refractivity contribution in [2.45, 2.75) is 6.18 Å². The molecule has 1 aromatic heterocycles. The normalized spacial score (nSPS) is 11.3. The largest absolute Gasteiger partial charge is 0.434 e. The second kappa shape index (κ2) is 6.97. The maximum atomic E-state index is 13.0. The molecule has 2 rings (SSSR count). The molecule has 1 aromatic carbocycles.